The minimum Gasteiger partial charge on any atom is -0.324 e. The first-order valence-electron chi connectivity index (χ1n) is 8.10. The molecule has 3 aromatic rings. The predicted molar refractivity (Wildman–Crippen MR) is 107 cm³/mol. The van der Waals surface area contributed by atoms with Crippen LogP contribution in [-0.2, 0) is 11.8 Å². The molecule has 0 aliphatic rings. The van der Waals surface area contributed by atoms with Gasteiger partial charge in [-0.05, 0) is 31.0 Å². The number of benzene rings is 2. The number of nitrogens with one attached hydrogen (secondary N) is 1. The Kier molecular flexibility index (Phi) is 5.64. The second-order valence-electron chi connectivity index (χ2n) is 6.01. The third-order valence-corrected chi connectivity index (χ3v) is 5.21. The van der Waals surface area contributed by atoms with Gasteiger partial charge in [0.1, 0.15) is 0 Å². The lowest BCUT2D eigenvalue weighted by Crippen LogP contribution is -2.15. The monoisotopic (exact) mass is 386 g/mol. The minimum absolute atomic E-state index is 0.131. The highest BCUT2D eigenvalue weighted by Gasteiger charge is 2.14. The average Bonchev–Trinajstić information content (AvgIpc) is 2.98. The largest absolute Gasteiger partial charge is 0.324 e. The number of amides is 1. The quantitative estimate of drug-likeness (QED) is 0.656. The van der Waals surface area contributed by atoms with Gasteiger partial charge in [0, 0.05) is 12.6 Å². The maximum atomic E-state index is 12.3. The summed E-state index contributed by atoms with van der Waals surface area (Å²) in [6, 6.07) is 13.7. The predicted octanol–water partition coefficient (Wildman–Crippen LogP) is 4.48. The Morgan fingerprint density at radius 3 is 2.62 bits per heavy atom. The fourth-order valence-corrected chi connectivity index (χ4v) is 3.74. The molecule has 0 bridgehead atoms. The SMILES string of the molecule is Cc1cc(C)c(NC(=O)CSc2nnc(-c3ccccc3)n2C)c(Cl)c1. The van der Waals surface area contributed by atoms with Gasteiger partial charge in [-0.15, -0.1) is 10.2 Å². The number of aryl methyl sites for hydroxylation is 2. The summed E-state index contributed by atoms with van der Waals surface area (Å²) in [6.07, 6.45) is 0. The summed E-state index contributed by atoms with van der Waals surface area (Å²) in [5.41, 5.74) is 3.65. The Morgan fingerprint density at radius 1 is 1.19 bits per heavy atom. The van der Waals surface area contributed by atoms with Gasteiger partial charge in [0.2, 0.25) is 5.91 Å². The number of carbonyl (C=O) groups excluding carboxylic acids is 1. The number of nitrogens with zero attached hydrogens (tertiary/aromatic N) is 3. The minimum atomic E-state index is -0.131. The molecule has 0 saturated heterocycles. The second kappa shape index (κ2) is 7.93. The highest BCUT2D eigenvalue weighted by Crippen LogP contribution is 2.28. The fourth-order valence-electron chi connectivity index (χ4n) is 2.66. The molecular weight excluding hydrogens is 368 g/mol. The Balaban J connectivity index is 1.67. The molecular formula is C19H19ClN4OS. The van der Waals surface area contributed by atoms with Crippen LogP contribution in [0.5, 0.6) is 0 Å². The topological polar surface area (TPSA) is 59.8 Å². The Hall–Kier alpha value is -2.31. The van der Waals surface area contributed by atoms with Gasteiger partial charge >= 0.3 is 0 Å². The lowest BCUT2D eigenvalue weighted by Gasteiger charge is -2.11. The fraction of sp³-hybridized carbons (Fsp3) is 0.211. The van der Waals surface area contributed by atoms with Crippen LogP contribution in [0.4, 0.5) is 5.69 Å². The molecule has 0 unspecified atom stereocenters. The van der Waals surface area contributed by atoms with E-state index in [1.165, 1.54) is 11.8 Å². The lowest BCUT2D eigenvalue weighted by atomic mass is 10.1. The van der Waals surface area contributed by atoms with E-state index in [-0.39, 0.29) is 11.7 Å². The van der Waals surface area contributed by atoms with Crippen molar-refractivity contribution in [2.45, 2.75) is 19.0 Å². The van der Waals surface area contributed by atoms with Crippen LogP contribution in [0.3, 0.4) is 0 Å². The number of thioether (sulfide) groups is 1. The van der Waals surface area contributed by atoms with Crippen LogP contribution in [0.15, 0.2) is 47.6 Å². The summed E-state index contributed by atoms with van der Waals surface area (Å²) in [4.78, 5) is 12.3. The molecule has 3 rings (SSSR count). The molecule has 1 amide bonds. The third kappa shape index (κ3) is 4.08. The first-order valence-corrected chi connectivity index (χ1v) is 9.46. The van der Waals surface area contributed by atoms with Crippen molar-refractivity contribution >= 4 is 35.0 Å². The van der Waals surface area contributed by atoms with Gasteiger partial charge < -0.3 is 9.88 Å². The molecule has 5 nitrogen and oxygen atoms in total. The first-order chi connectivity index (χ1) is 12.5. The summed E-state index contributed by atoms with van der Waals surface area (Å²) < 4.78 is 1.89. The normalized spacial score (nSPS) is 10.8. The number of carbonyl (C=O) groups is 1. The lowest BCUT2D eigenvalue weighted by molar-refractivity contribution is -0.113. The van der Waals surface area contributed by atoms with E-state index in [2.05, 4.69) is 15.5 Å². The number of hydrogen-bond acceptors (Lipinski definition) is 4. The molecule has 26 heavy (non-hydrogen) atoms. The second-order valence-corrected chi connectivity index (χ2v) is 7.36. The van der Waals surface area contributed by atoms with Gasteiger partial charge in [-0.25, -0.2) is 0 Å². The molecule has 1 aromatic heterocycles. The van der Waals surface area contributed by atoms with Gasteiger partial charge in [-0.2, -0.15) is 0 Å². The van der Waals surface area contributed by atoms with Crippen molar-refractivity contribution in [2.75, 3.05) is 11.1 Å². The first kappa shape index (κ1) is 18.5. The summed E-state index contributed by atoms with van der Waals surface area (Å²) in [6.45, 7) is 3.90. The molecule has 2 aromatic carbocycles. The average molecular weight is 387 g/mol. The summed E-state index contributed by atoms with van der Waals surface area (Å²) in [5, 5.41) is 12.5. The number of aromatic nitrogens is 3. The molecule has 0 radical (unpaired) electrons. The molecule has 0 atom stereocenters. The zero-order valence-electron chi connectivity index (χ0n) is 14.8. The Bertz CT molecular complexity index is 917. The van der Waals surface area contributed by atoms with E-state index in [0.717, 1.165) is 22.5 Å². The number of halogens is 1. The summed E-state index contributed by atoms with van der Waals surface area (Å²) in [7, 11) is 1.89. The van der Waals surface area contributed by atoms with Gasteiger partial charge in [-0.3, -0.25) is 4.79 Å². The van der Waals surface area contributed by atoms with Crippen molar-refractivity contribution < 1.29 is 4.79 Å². The van der Waals surface area contributed by atoms with Crippen molar-refractivity contribution in [1.82, 2.24) is 14.8 Å². The van der Waals surface area contributed by atoms with Gasteiger partial charge in [0.25, 0.3) is 0 Å². The molecule has 0 aliphatic heterocycles. The van der Waals surface area contributed by atoms with Crippen LogP contribution in [0, 0.1) is 13.8 Å². The molecule has 0 aliphatic carbocycles. The smallest absolute Gasteiger partial charge is 0.234 e. The van der Waals surface area contributed by atoms with Gasteiger partial charge in [0.05, 0.1) is 16.5 Å². The number of anilines is 1. The molecule has 0 saturated carbocycles. The van der Waals surface area contributed by atoms with Crippen LogP contribution in [-0.4, -0.2) is 26.4 Å². The van der Waals surface area contributed by atoms with Crippen molar-refractivity contribution in [3.63, 3.8) is 0 Å². The Morgan fingerprint density at radius 2 is 1.92 bits per heavy atom. The van der Waals surface area contributed by atoms with E-state index in [4.69, 9.17) is 11.6 Å². The molecule has 1 N–H and O–H groups in total. The molecule has 7 heteroatoms. The van der Waals surface area contributed by atoms with E-state index in [0.29, 0.717) is 15.9 Å². The van der Waals surface area contributed by atoms with Crippen molar-refractivity contribution in [3.8, 4) is 11.4 Å². The van der Waals surface area contributed by atoms with Crippen molar-refractivity contribution in [3.05, 3.63) is 58.6 Å². The van der Waals surface area contributed by atoms with Crippen LogP contribution in [0.25, 0.3) is 11.4 Å². The van der Waals surface area contributed by atoms with Crippen LogP contribution >= 0.6 is 23.4 Å². The molecule has 0 spiro atoms. The summed E-state index contributed by atoms with van der Waals surface area (Å²) >= 11 is 7.58. The maximum absolute atomic E-state index is 12.3. The molecule has 134 valence electrons. The highest BCUT2D eigenvalue weighted by atomic mass is 35.5. The number of hydrogen-bond donors (Lipinski definition) is 1. The number of rotatable bonds is 5. The Labute approximate surface area is 161 Å². The van der Waals surface area contributed by atoms with E-state index >= 15 is 0 Å². The highest BCUT2D eigenvalue weighted by molar-refractivity contribution is 7.99. The zero-order valence-corrected chi connectivity index (χ0v) is 16.4. The van der Waals surface area contributed by atoms with Crippen molar-refractivity contribution in [2.24, 2.45) is 7.05 Å². The molecule has 0 fully saturated rings. The van der Waals surface area contributed by atoms with Gasteiger partial charge in [-0.1, -0.05) is 59.8 Å². The van der Waals surface area contributed by atoms with E-state index in [9.17, 15) is 4.79 Å². The standard InChI is InChI=1S/C19H19ClN4OS/c1-12-9-13(2)17(15(20)10-12)21-16(25)11-26-19-23-22-18(24(19)3)14-7-5-4-6-8-14/h4-10H,11H2,1-3H3,(H,21,25). The zero-order chi connectivity index (χ0) is 18.7. The van der Waals surface area contributed by atoms with E-state index < -0.39 is 0 Å². The molecule has 1 heterocycles. The third-order valence-electron chi connectivity index (χ3n) is 3.90. The van der Waals surface area contributed by atoms with E-state index in [1.807, 2.05) is 67.9 Å². The van der Waals surface area contributed by atoms with E-state index in [1.54, 1.807) is 0 Å². The van der Waals surface area contributed by atoms with Crippen molar-refractivity contribution in [1.29, 1.82) is 0 Å². The maximum Gasteiger partial charge on any atom is 0.234 e. The van der Waals surface area contributed by atoms with Crippen LogP contribution in [0.1, 0.15) is 11.1 Å². The van der Waals surface area contributed by atoms with Gasteiger partial charge in [0.15, 0.2) is 11.0 Å². The van der Waals surface area contributed by atoms with Crippen LogP contribution in [0.2, 0.25) is 5.02 Å². The van der Waals surface area contributed by atoms with Crippen LogP contribution < -0.4 is 5.32 Å². The summed E-state index contributed by atoms with van der Waals surface area (Å²) in [5.74, 6) is 0.865.